The minimum Gasteiger partial charge on any atom is -0.736 e. The Morgan fingerprint density at radius 2 is 0.429 bits per heavy atom. The van der Waals surface area contributed by atoms with Gasteiger partial charge < -0.3 is 18.2 Å². The minimum absolute atomic E-state index is 0. The summed E-state index contributed by atoms with van der Waals surface area (Å²) in [6, 6.07) is 0. The molecule has 0 amide bonds. The molecule has 0 saturated heterocycles. The maximum Gasteiger partial charge on any atom is 4.00 e. The van der Waals surface area contributed by atoms with Gasteiger partial charge in [-0.05, 0) is 0 Å². The van der Waals surface area contributed by atoms with Crippen LogP contribution < -0.4 is 20.6 Å². The van der Waals surface area contributed by atoms with Crippen molar-refractivity contribution in [3.8, 4) is 0 Å². The summed E-state index contributed by atoms with van der Waals surface area (Å²) < 4.78 is 106. The first-order chi connectivity index (χ1) is 8.00. The third-order valence-corrected chi connectivity index (χ3v) is 0. The molecule has 16 nitrogen and oxygen atoms in total. The molecular formula is H8N4O12S4Zr. The van der Waals surface area contributed by atoms with Gasteiger partial charge in [0.25, 0.3) is 0 Å². The molecule has 0 fully saturated rings. The molecule has 0 unspecified atom stereocenters. The van der Waals surface area contributed by atoms with Crippen molar-refractivity contribution in [3.05, 3.63) is 0 Å². The van der Waals surface area contributed by atoms with Gasteiger partial charge in [-0.3, -0.25) is 0 Å². The Morgan fingerprint density at radius 3 is 0.429 bits per heavy atom. The third kappa shape index (κ3) is 52100. The summed E-state index contributed by atoms with van der Waals surface area (Å²) in [5, 5.41) is 15.1. The summed E-state index contributed by atoms with van der Waals surface area (Å²) in [5.74, 6) is 0. The second kappa shape index (κ2) is 12.9. The molecule has 0 bridgehead atoms. The van der Waals surface area contributed by atoms with Crippen LogP contribution >= 0.6 is 0 Å². The van der Waals surface area contributed by atoms with Crippen LogP contribution in [0.25, 0.3) is 0 Å². The van der Waals surface area contributed by atoms with E-state index in [1.54, 1.807) is 0 Å². The Kier molecular flexibility index (Phi) is 20.3. The largest absolute Gasteiger partial charge is 4.00 e. The van der Waals surface area contributed by atoms with Crippen molar-refractivity contribution in [2.24, 2.45) is 20.6 Å². The van der Waals surface area contributed by atoms with Gasteiger partial charge in [0.05, 0.1) is 0 Å². The first kappa shape index (κ1) is 33.1. The predicted octanol–water partition coefficient (Wildman–Crippen LogP) is -6.38. The first-order valence-corrected chi connectivity index (χ1v) is 8.83. The predicted molar refractivity (Wildman–Crippen MR) is 55.5 cm³/mol. The van der Waals surface area contributed by atoms with Gasteiger partial charge in [0.15, 0.2) is 41.2 Å². The zero-order valence-corrected chi connectivity index (χ0v) is 15.1. The molecule has 0 aromatic carbocycles. The molecule has 21 heteroatoms. The molecule has 0 radical (unpaired) electrons. The van der Waals surface area contributed by atoms with E-state index >= 15 is 0 Å². The van der Waals surface area contributed by atoms with Crippen LogP contribution in [0.2, 0.25) is 0 Å². The molecule has 0 spiro atoms. The normalized spacial score (nSPS) is 11.0. The van der Waals surface area contributed by atoms with Crippen molar-refractivity contribution in [2.45, 2.75) is 0 Å². The molecular weight excluding hydrogens is 468 g/mol. The van der Waals surface area contributed by atoms with Crippen molar-refractivity contribution >= 4 is 41.2 Å². The molecule has 8 N–H and O–H groups in total. The zero-order valence-electron chi connectivity index (χ0n) is 9.34. The van der Waals surface area contributed by atoms with E-state index in [-0.39, 0.29) is 26.2 Å². The van der Waals surface area contributed by atoms with Crippen LogP contribution in [0, 0.1) is 0 Å². The van der Waals surface area contributed by atoms with Crippen molar-refractivity contribution in [1.82, 2.24) is 0 Å². The smallest absolute Gasteiger partial charge is 0.736 e. The van der Waals surface area contributed by atoms with E-state index in [1.165, 1.54) is 0 Å². The average molecular weight is 476 g/mol. The SMILES string of the molecule is NS(=O)(=O)[O-].NS(=O)(=O)[O-].NS(=O)(=O)[O-].NS(=O)(=O)[O-].[Zr+4]. The van der Waals surface area contributed by atoms with Gasteiger partial charge in [-0.25, -0.2) is 54.2 Å². The van der Waals surface area contributed by atoms with Gasteiger partial charge in [-0.1, -0.05) is 0 Å². The van der Waals surface area contributed by atoms with Crippen molar-refractivity contribution in [3.63, 3.8) is 0 Å². The van der Waals surface area contributed by atoms with E-state index in [0.29, 0.717) is 0 Å². The topological polar surface area (TPSA) is 333 Å². The standard InChI is InChI=1S/4H3NO3S.Zr/c4*1-5(2,3)4;/h4*(H3,1,2,3,4);/q;;;;+4/p-4. The molecule has 0 aromatic heterocycles. The fraction of sp³-hybridized carbons (Fsp3) is 0. The van der Waals surface area contributed by atoms with Crippen molar-refractivity contribution in [1.29, 1.82) is 0 Å². The number of nitrogens with two attached hydrogens (primary N) is 4. The van der Waals surface area contributed by atoms with E-state index in [0.717, 1.165) is 0 Å². The maximum atomic E-state index is 8.85. The second-order valence-corrected chi connectivity index (χ2v) is 5.91. The van der Waals surface area contributed by atoms with Gasteiger partial charge in [0.2, 0.25) is 0 Å². The molecule has 0 aliphatic heterocycles. The summed E-state index contributed by atoms with van der Waals surface area (Å²) in [6.45, 7) is 0. The van der Waals surface area contributed by atoms with Crippen molar-refractivity contribution < 1.29 is 78.1 Å². The summed E-state index contributed by atoms with van der Waals surface area (Å²) in [7, 11) is -17.7. The van der Waals surface area contributed by atoms with Gasteiger partial charge in [-0.15, -0.1) is 0 Å². The molecule has 0 rings (SSSR count). The quantitative estimate of drug-likeness (QED) is 0.237. The first-order valence-electron chi connectivity index (χ1n) is 2.94. The van der Waals surface area contributed by atoms with Crippen LogP contribution in [0.4, 0.5) is 0 Å². The molecule has 0 saturated carbocycles. The van der Waals surface area contributed by atoms with Crippen LogP contribution in [0.5, 0.6) is 0 Å². The van der Waals surface area contributed by atoms with Gasteiger partial charge in [-0.2, -0.15) is 0 Å². The van der Waals surface area contributed by atoms with Crippen LogP contribution in [0.1, 0.15) is 0 Å². The van der Waals surface area contributed by atoms with Crippen molar-refractivity contribution in [2.75, 3.05) is 0 Å². The Hall–Kier alpha value is 0.363. The average Bonchev–Trinajstić information content (AvgIpc) is 1.62. The van der Waals surface area contributed by atoms with Crippen LogP contribution in [0.15, 0.2) is 0 Å². The maximum absolute atomic E-state index is 8.85. The van der Waals surface area contributed by atoms with Crippen LogP contribution in [0.3, 0.4) is 0 Å². The second-order valence-electron chi connectivity index (χ2n) is 1.97. The van der Waals surface area contributed by atoms with E-state index < -0.39 is 41.2 Å². The molecule has 128 valence electrons. The molecule has 21 heavy (non-hydrogen) atoms. The number of hydrogen-bond acceptors (Lipinski definition) is 12. The molecule has 0 heterocycles. The van der Waals surface area contributed by atoms with E-state index in [2.05, 4.69) is 20.6 Å². The third-order valence-electron chi connectivity index (χ3n) is 0. The Balaban J connectivity index is -0.0000000533. The van der Waals surface area contributed by atoms with E-state index in [9.17, 15) is 0 Å². The summed E-state index contributed by atoms with van der Waals surface area (Å²) >= 11 is 0. The fourth-order valence-electron chi connectivity index (χ4n) is 0. The summed E-state index contributed by atoms with van der Waals surface area (Å²) in [4.78, 5) is 0. The van der Waals surface area contributed by atoms with Gasteiger partial charge in [0, 0.05) is 0 Å². The Morgan fingerprint density at radius 1 is 0.429 bits per heavy atom. The Bertz CT molecular complexity index is 486. The van der Waals surface area contributed by atoms with Crippen LogP contribution in [-0.4, -0.2) is 51.9 Å². The van der Waals surface area contributed by atoms with Gasteiger partial charge in [0.1, 0.15) is 0 Å². The monoisotopic (exact) mass is 474 g/mol. The van der Waals surface area contributed by atoms with E-state index in [1.807, 2.05) is 0 Å². The molecule has 0 aliphatic rings. The zero-order chi connectivity index (χ0) is 18.0. The fourth-order valence-corrected chi connectivity index (χ4v) is 0. The summed E-state index contributed by atoms with van der Waals surface area (Å²) in [6.07, 6.45) is 0. The molecule has 0 aliphatic carbocycles. The number of hydrogen-bond donors (Lipinski definition) is 4. The van der Waals surface area contributed by atoms with E-state index in [4.69, 9.17) is 51.9 Å². The molecule has 0 aromatic rings. The molecule has 0 atom stereocenters. The number of rotatable bonds is 0. The minimum atomic E-state index is -4.42. The van der Waals surface area contributed by atoms with Crippen LogP contribution in [-0.2, 0) is 67.4 Å². The Labute approximate surface area is 139 Å². The van der Waals surface area contributed by atoms with Gasteiger partial charge >= 0.3 is 26.2 Å². The summed E-state index contributed by atoms with van der Waals surface area (Å²) in [5.41, 5.74) is 0.